The van der Waals surface area contributed by atoms with E-state index in [4.69, 9.17) is 5.11 Å². The van der Waals surface area contributed by atoms with Crippen LogP contribution in [0.15, 0.2) is 51.8 Å². The molecule has 0 saturated heterocycles. The Morgan fingerprint density at radius 2 is 1.79 bits per heavy atom. The molecular weight excluding hydrogens is 409 g/mol. The zero-order chi connectivity index (χ0) is 17.9. The Kier molecular flexibility index (Phi) is 5.71. The van der Waals surface area contributed by atoms with Crippen molar-refractivity contribution >= 4 is 39.4 Å². The van der Waals surface area contributed by atoms with Crippen LogP contribution >= 0.6 is 27.7 Å². The number of carboxylic acids is 1. The Bertz CT molecular complexity index is 790. The average Bonchev–Trinajstić information content (AvgIpc) is 2.52. The summed E-state index contributed by atoms with van der Waals surface area (Å²) < 4.78 is 38.5. The summed E-state index contributed by atoms with van der Waals surface area (Å²) in [4.78, 5) is 23.6. The Labute approximate surface area is 148 Å². The van der Waals surface area contributed by atoms with Gasteiger partial charge in [0, 0.05) is 14.9 Å². The number of hydrogen-bond donors (Lipinski definition) is 1. The Balaban J connectivity index is 2.10. The maximum atomic E-state index is 12.7. The largest absolute Gasteiger partial charge is 0.478 e. The van der Waals surface area contributed by atoms with Gasteiger partial charge >= 0.3 is 12.1 Å². The fraction of sp³-hybridized carbons (Fsp3) is 0.125. The summed E-state index contributed by atoms with van der Waals surface area (Å²) in [5.74, 6) is -1.58. The fourth-order valence-electron chi connectivity index (χ4n) is 1.85. The summed E-state index contributed by atoms with van der Waals surface area (Å²) in [6.45, 7) is 0. The van der Waals surface area contributed by atoms with Crippen LogP contribution in [0.3, 0.4) is 0 Å². The van der Waals surface area contributed by atoms with Crippen LogP contribution in [-0.2, 0) is 6.18 Å². The van der Waals surface area contributed by atoms with Crippen LogP contribution in [0.5, 0.6) is 0 Å². The summed E-state index contributed by atoms with van der Waals surface area (Å²) in [7, 11) is 0. The SMILES string of the molecule is O=C(O)c1ccc(SCC(=O)c2cccc(C(F)(F)F)c2)c(Br)c1. The van der Waals surface area contributed by atoms with E-state index in [1.807, 2.05) is 0 Å². The molecule has 126 valence electrons. The third kappa shape index (κ3) is 4.61. The molecule has 0 amide bonds. The Hall–Kier alpha value is -1.80. The van der Waals surface area contributed by atoms with Gasteiger partial charge in [0.05, 0.1) is 16.9 Å². The first-order chi connectivity index (χ1) is 11.2. The molecule has 2 aromatic rings. The van der Waals surface area contributed by atoms with Crippen molar-refractivity contribution in [3.63, 3.8) is 0 Å². The third-order valence-corrected chi connectivity index (χ3v) is 5.04. The van der Waals surface area contributed by atoms with Crippen molar-refractivity contribution in [1.29, 1.82) is 0 Å². The molecule has 0 atom stereocenters. The minimum Gasteiger partial charge on any atom is -0.478 e. The molecule has 1 N–H and O–H groups in total. The number of benzene rings is 2. The van der Waals surface area contributed by atoms with E-state index >= 15 is 0 Å². The third-order valence-electron chi connectivity index (χ3n) is 3.05. The minimum absolute atomic E-state index is 0.0180. The van der Waals surface area contributed by atoms with Crippen LogP contribution < -0.4 is 0 Å². The minimum atomic E-state index is -4.50. The van der Waals surface area contributed by atoms with Gasteiger partial charge in [-0.3, -0.25) is 4.79 Å². The molecular formula is C16H10BrF3O3S. The van der Waals surface area contributed by atoms with Crippen LogP contribution in [-0.4, -0.2) is 22.6 Å². The van der Waals surface area contributed by atoms with Crippen molar-refractivity contribution in [2.24, 2.45) is 0 Å². The summed E-state index contributed by atoms with van der Waals surface area (Å²) >= 11 is 4.33. The Morgan fingerprint density at radius 3 is 2.38 bits per heavy atom. The number of ketones is 1. The van der Waals surface area contributed by atoms with Gasteiger partial charge in [0.15, 0.2) is 5.78 Å². The zero-order valence-corrected chi connectivity index (χ0v) is 14.3. The number of alkyl halides is 3. The fourth-order valence-corrected chi connectivity index (χ4v) is 3.38. The monoisotopic (exact) mass is 418 g/mol. The number of hydrogen-bond acceptors (Lipinski definition) is 3. The maximum Gasteiger partial charge on any atom is 0.416 e. The topological polar surface area (TPSA) is 54.4 Å². The molecule has 0 fully saturated rings. The molecule has 0 spiro atoms. The predicted molar refractivity (Wildman–Crippen MR) is 87.6 cm³/mol. The molecule has 2 rings (SSSR count). The second-order valence-electron chi connectivity index (χ2n) is 4.74. The van der Waals surface area contributed by atoms with Crippen LogP contribution in [0.1, 0.15) is 26.3 Å². The first-order valence-corrected chi connectivity index (χ1v) is 8.32. The molecule has 0 aliphatic carbocycles. The standard InChI is InChI=1S/C16H10BrF3O3S/c17-12-7-10(15(22)23)4-5-14(12)24-8-13(21)9-2-1-3-11(6-9)16(18,19)20/h1-7H,8H2,(H,22,23). The highest BCUT2D eigenvalue weighted by atomic mass is 79.9. The quantitative estimate of drug-likeness (QED) is 0.539. The summed E-state index contributed by atoms with van der Waals surface area (Å²) in [6.07, 6.45) is -4.50. The number of carbonyl (C=O) groups excluding carboxylic acids is 1. The number of halogens is 4. The highest BCUT2D eigenvalue weighted by Gasteiger charge is 2.30. The van der Waals surface area contributed by atoms with Gasteiger partial charge in [-0.2, -0.15) is 13.2 Å². The maximum absolute atomic E-state index is 12.7. The molecule has 0 aromatic heterocycles. The Morgan fingerprint density at radius 1 is 1.08 bits per heavy atom. The lowest BCUT2D eigenvalue weighted by Gasteiger charge is -2.09. The van der Waals surface area contributed by atoms with E-state index in [1.54, 1.807) is 0 Å². The van der Waals surface area contributed by atoms with E-state index in [0.717, 1.165) is 23.9 Å². The van der Waals surface area contributed by atoms with Gasteiger partial charge in [0.2, 0.25) is 0 Å². The van der Waals surface area contributed by atoms with E-state index < -0.39 is 23.5 Å². The van der Waals surface area contributed by atoms with Gasteiger partial charge in [-0.1, -0.05) is 12.1 Å². The molecule has 0 radical (unpaired) electrons. The van der Waals surface area contributed by atoms with Crippen LogP contribution in [0.25, 0.3) is 0 Å². The summed E-state index contributed by atoms with van der Waals surface area (Å²) in [6, 6.07) is 8.59. The number of thioether (sulfide) groups is 1. The van der Waals surface area contributed by atoms with Gasteiger partial charge in [0.25, 0.3) is 0 Å². The predicted octanol–water partition coefficient (Wildman–Crippen LogP) is 5.14. The highest BCUT2D eigenvalue weighted by Crippen LogP contribution is 2.31. The van der Waals surface area contributed by atoms with E-state index in [9.17, 15) is 22.8 Å². The molecule has 0 aliphatic heterocycles. The smallest absolute Gasteiger partial charge is 0.416 e. The molecule has 0 heterocycles. The van der Waals surface area contributed by atoms with Gasteiger partial charge in [-0.05, 0) is 46.3 Å². The van der Waals surface area contributed by atoms with Gasteiger partial charge in [-0.15, -0.1) is 11.8 Å². The van der Waals surface area contributed by atoms with Crippen LogP contribution in [0, 0.1) is 0 Å². The van der Waals surface area contributed by atoms with Crippen LogP contribution in [0.4, 0.5) is 13.2 Å². The van der Waals surface area contributed by atoms with Gasteiger partial charge < -0.3 is 5.11 Å². The van der Waals surface area contributed by atoms with Crippen molar-refractivity contribution < 1.29 is 27.9 Å². The molecule has 8 heteroatoms. The molecule has 0 aliphatic rings. The normalized spacial score (nSPS) is 11.3. The van der Waals surface area contributed by atoms with Gasteiger partial charge in [0.1, 0.15) is 0 Å². The van der Waals surface area contributed by atoms with E-state index in [-0.39, 0.29) is 16.9 Å². The number of carboxylic acid groups (broad SMARTS) is 1. The van der Waals surface area contributed by atoms with Crippen molar-refractivity contribution in [2.45, 2.75) is 11.1 Å². The molecule has 0 bridgehead atoms. The number of aromatic carboxylic acids is 1. The van der Waals surface area contributed by atoms with E-state index in [1.165, 1.54) is 30.3 Å². The number of carbonyl (C=O) groups is 2. The molecule has 0 saturated carbocycles. The first-order valence-electron chi connectivity index (χ1n) is 6.54. The van der Waals surface area contributed by atoms with Crippen molar-refractivity contribution in [1.82, 2.24) is 0 Å². The lowest BCUT2D eigenvalue weighted by atomic mass is 10.1. The number of rotatable bonds is 5. The average molecular weight is 419 g/mol. The molecule has 2 aromatic carbocycles. The summed E-state index contributed by atoms with van der Waals surface area (Å²) in [5.41, 5.74) is -0.795. The number of Topliss-reactive ketones (excluding diaryl/α,β-unsaturated/α-hetero) is 1. The molecule has 3 nitrogen and oxygen atoms in total. The lowest BCUT2D eigenvalue weighted by Crippen LogP contribution is -2.08. The van der Waals surface area contributed by atoms with Crippen molar-refractivity contribution in [2.75, 3.05) is 5.75 Å². The van der Waals surface area contributed by atoms with E-state index in [0.29, 0.717) is 9.37 Å². The summed E-state index contributed by atoms with van der Waals surface area (Å²) in [5, 5.41) is 8.89. The van der Waals surface area contributed by atoms with Gasteiger partial charge in [-0.25, -0.2) is 4.79 Å². The second-order valence-corrected chi connectivity index (χ2v) is 6.61. The first kappa shape index (κ1) is 18.5. The molecule has 0 unspecified atom stereocenters. The van der Waals surface area contributed by atoms with Crippen molar-refractivity contribution in [3.8, 4) is 0 Å². The van der Waals surface area contributed by atoms with Crippen LogP contribution in [0.2, 0.25) is 0 Å². The van der Waals surface area contributed by atoms with E-state index in [2.05, 4.69) is 15.9 Å². The second kappa shape index (κ2) is 7.40. The zero-order valence-electron chi connectivity index (χ0n) is 11.9. The molecule has 24 heavy (non-hydrogen) atoms. The lowest BCUT2D eigenvalue weighted by molar-refractivity contribution is -0.137. The highest BCUT2D eigenvalue weighted by molar-refractivity contribution is 9.10. The van der Waals surface area contributed by atoms with Crippen molar-refractivity contribution in [3.05, 3.63) is 63.6 Å².